The molecule has 0 radical (unpaired) electrons. The monoisotopic (exact) mass is 484 g/mol. The summed E-state index contributed by atoms with van der Waals surface area (Å²) in [6.07, 6.45) is 9.07. The molecule has 0 bridgehead atoms. The molecule has 1 aliphatic heterocycles. The second-order valence-electron chi connectivity index (χ2n) is 10.5. The maximum atomic E-state index is 11.8. The summed E-state index contributed by atoms with van der Waals surface area (Å²) in [6, 6.07) is 3.91. The quantitative estimate of drug-likeness (QED) is 0.579. The third kappa shape index (κ3) is 5.21. The molecular formula is C26H36N4O5. The Kier molecular flexibility index (Phi) is 7.07. The van der Waals surface area contributed by atoms with Crippen LogP contribution in [0.2, 0.25) is 0 Å². The van der Waals surface area contributed by atoms with Crippen LogP contribution < -0.4 is 4.74 Å². The molecule has 3 fully saturated rings. The molecule has 2 saturated carbocycles. The highest BCUT2D eigenvalue weighted by Crippen LogP contribution is 2.43. The Hall–Kier alpha value is -2.52. The van der Waals surface area contributed by atoms with Crippen molar-refractivity contribution in [2.45, 2.75) is 96.1 Å². The number of aliphatic carboxylic acids is 1. The number of carbonyl (C=O) groups is 1. The van der Waals surface area contributed by atoms with Crippen LogP contribution in [-0.2, 0) is 27.9 Å². The largest absolute Gasteiger partial charge is 0.488 e. The lowest BCUT2D eigenvalue weighted by molar-refractivity contribution is -0.169. The van der Waals surface area contributed by atoms with Crippen molar-refractivity contribution in [2.75, 3.05) is 6.61 Å². The fourth-order valence-electron chi connectivity index (χ4n) is 5.32. The normalized spacial score (nSPS) is 27.4. The zero-order valence-corrected chi connectivity index (χ0v) is 20.7. The van der Waals surface area contributed by atoms with Gasteiger partial charge >= 0.3 is 5.97 Å². The summed E-state index contributed by atoms with van der Waals surface area (Å²) in [6.45, 7) is 2.93. The van der Waals surface area contributed by atoms with Crippen molar-refractivity contribution in [3.05, 3.63) is 23.5 Å². The predicted molar refractivity (Wildman–Crippen MR) is 128 cm³/mol. The number of rotatable bonds is 8. The Labute approximate surface area is 206 Å². The van der Waals surface area contributed by atoms with Crippen molar-refractivity contribution in [1.29, 1.82) is 0 Å². The van der Waals surface area contributed by atoms with Gasteiger partial charge in [-0.05, 0) is 70.4 Å². The minimum atomic E-state index is -0.741. The number of nitrogens with zero attached hydrogens (tertiary/aromatic N) is 4. The molecule has 2 aliphatic carbocycles. The van der Waals surface area contributed by atoms with Gasteiger partial charge in [0.1, 0.15) is 11.4 Å². The van der Waals surface area contributed by atoms with Crippen molar-refractivity contribution in [1.82, 2.24) is 20.0 Å². The van der Waals surface area contributed by atoms with Crippen LogP contribution in [-0.4, -0.2) is 50.1 Å². The smallest absolute Gasteiger partial charge is 0.309 e. The van der Waals surface area contributed by atoms with E-state index in [1.54, 1.807) is 4.68 Å². The Balaban J connectivity index is 1.36. The molecule has 9 heteroatoms. The first-order chi connectivity index (χ1) is 16.9. The number of ether oxygens (including phenoxy) is 3. The van der Waals surface area contributed by atoms with E-state index in [2.05, 4.69) is 10.3 Å². The SMILES string of the molecule is Cn1nnc(-c2ccc(O[C@H]3CCC[C@](C)(C(=O)O)C3)c(C3CCC3)n2)c1COC1CCCCO1. The molecule has 35 heavy (non-hydrogen) atoms. The lowest BCUT2D eigenvalue weighted by Gasteiger charge is -2.35. The molecule has 190 valence electrons. The Morgan fingerprint density at radius 1 is 1.20 bits per heavy atom. The predicted octanol–water partition coefficient (Wildman–Crippen LogP) is 4.60. The lowest BCUT2D eigenvalue weighted by atomic mass is 9.74. The highest BCUT2D eigenvalue weighted by molar-refractivity contribution is 5.74. The van der Waals surface area contributed by atoms with Crippen molar-refractivity contribution >= 4 is 5.97 Å². The van der Waals surface area contributed by atoms with E-state index in [0.29, 0.717) is 31.1 Å². The van der Waals surface area contributed by atoms with Gasteiger partial charge in [0.05, 0.1) is 35.2 Å². The molecule has 9 nitrogen and oxygen atoms in total. The van der Waals surface area contributed by atoms with Gasteiger partial charge in [0.2, 0.25) is 0 Å². The van der Waals surface area contributed by atoms with E-state index >= 15 is 0 Å². The standard InChI is InChI=1S/C26H36N4O5/c1-26(25(31)32)13-6-9-18(15-26)35-21-12-11-19(27-23(21)17-7-5-8-17)24-20(30(2)29-28-24)16-34-22-10-3-4-14-33-22/h11-12,17-18,22H,3-10,13-16H2,1-2H3,(H,31,32)/t18-,22?,26-/m0/s1. The Morgan fingerprint density at radius 2 is 2.06 bits per heavy atom. The first-order valence-corrected chi connectivity index (χ1v) is 13.0. The van der Waals surface area contributed by atoms with E-state index in [9.17, 15) is 9.90 Å². The van der Waals surface area contributed by atoms with Gasteiger partial charge in [0.25, 0.3) is 0 Å². The van der Waals surface area contributed by atoms with Crippen LogP contribution in [0.15, 0.2) is 12.1 Å². The number of hydrogen-bond acceptors (Lipinski definition) is 7. The Morgan fingerprint density at radius 3 is 2.77 bits per heavy atom. The van der Waals surface area contributed by atoms with Crippen LogP contribution in [0.4, 0.5) is 0 Å². The number of aromatic nitrogens is 4. The number of carboxylic acids is 1. The Bertz CT molecular complexity index is 1050. The first-order valence-electron chi connectivity index (χ1n) is 13.0. The molecule has 0 amide bonds. The zero-order chi connectivity index (χ0) is 24.4. The topological polar surface area (TPSA) is 109 Å². The van der Waals surface area contributed by atoms with E-state index in [-0.39, 0.29) is 12.4 Å². The summed E-state index contributed by atoms with van der Waals surface area (Å²) >= 11 is 0. The number of pyridine rings is 1. The molecule has 2 aromatic heterocycles. The fourth-order valence-corrected chi connectivity index (χ4v) is 5.32. The van der Waals surface area contributed by atoms with Crippen LogP contribution in [0.25, 0.3) is 11.4 Å². The van der Waals surface area contributed by atoms with Gasteiger partial charge in [0, 0.05) is 26.0 Å². The van der Waals surface area contributed by atoms with Gasteiger partial charge in [-0.2, -0.15) is 0 Å². The maximum absolute atomic E-state index is 11.8. The van der Waals surface area contributed by atoms with Gasteiger partial charge in [-0.3, -0.25) is 4.79 Å². The molecule has 0 aromatic carbocycles. The van der Waals surface area contributed by atoms with Gasteiger partial charge in [-0.25, -0.2) is 9.67 Å². The highest BCUT2D eigenvalue weighted by atomic mass is 16.7. The van der Waals surface area contributed by atoms with Crippen LogP contribution in [0.5, 0.6) is 5.75 Å². The fraction of sp³-hybridized carbons (Fsp3) is 0.692. The number of hydrogen-bond donors (Lipinski definition) is 1. The molecule has 2 aromatic rings. The molecule has 3 aliphatic rings. The molecule has 0 spiro atoms. The zero-order valence-electron chi connectivity index (χ0n) is 20.7. The second kappa shape index (κ2) is 10.2. The van der Waals surface area contributed by atoms with Crippen molar-refractivity contribution in [3.8, 4) is 17.1 Å². The lowest BCUT2D eigenvalue weighted by Crippen LogP contribution is -2.38. The number of carboxylic acid groups (broad SMARTS) is 1. The second-order valence-corrected chi connectivity index (χ2v) is 10.5. The van der Waals surface area contributed by atoms with Gasteiger partial charge in [-0.1, -0.05) is 11.6 Å². The summed E-state index contributed by atoms with van der Waals surface area (Å²) in [5.41, 5.74) is 2.55. The van der Waals surface area contributed by atoms with E-state index in [4.69, 9.17) is 19.2 Å². The average Bonchev–Trinajstić information content (AvgIpc) is 3.18. The highest BCUT2D eigenvalue weighted by Gasteiger charge is 2.40. The maximum Gasteiger partial charge on any atom is 0.309 e. The summed E-state index contributed by atoms with van der Waals surface area (Å²) in [5, 5.41) is 18.3. The minimum Gasteiger partial charge on any atom is -0.488 e. The third-order valence-electron chi connectivity index (χ3n) is 7.85. The van der Waals surface area contributed by atoms with Gasteiger partial charge < -0.3 is 19.3 Å². The molecule has 1 N–H and O–H groups in total. The van der Waals surface area contributed by atoms with Crippen molar-refractivity contribution in [3.63, 3.8) is 0 Å². The molecule has 3 atom stereocenters. The minimum absolute atomic E-state index is 0.118. The summed E-state index contributed by atoms with van der Waals surface area (Å²) < 4.78 is 19.9. The summed E-state index contributed by atoms with van der Waals surface area (Å²) in [5.74, 6) is 0.385. The van der Waals surface area contributed by atoms with E-state index in [0.717, 1.165) is 74.4 Å². The molecular weight excluding hydrogens is 448 g/mol. The van der Waals surface area contributed by atoms with Crippen LogP contribution in [0, 0.1) is 5.41 Å². The third-order valence-corrected chi connectivity index (χ3v) is 7.85. The molecule has 3 heterocycles. The van der Waals surface area contributed by atoms with Crippen LogP contribution >= 0.6 is 0 Å². The average molecular weight is 485 g/mol. The van der Waals surface area contributed by atoms with E-state index < -0.39 is 11.4 Å². The van der Waals surface area contributed by atoms with Crippen molar-refractivity contribution < 1.29 is 24.1 Å². The van der Waals surface area contributed by atoms with E-state index in [1.807, 2.05) is 26.1 Å². The van der Waals surface area contributed by atoms with Gasteiger partial charge in [0.15, 0.2) is 6.29 Å². The first kappa shape index (κ1) is 24.2. The molecule has 1 unspecified atom stereocenters. The van der Waals surface area contributed by atoms with Crippen LogP contribution in [0.3, 0.4) is 0 Å². The number of aryl methyl sites for hydroxylation is 1. The van der Waals surface area contributed by atoms with Crippen LogP contribution in [0.1, 0.15) is 88.4 Å². The van der Waals surface area contributed by atoms with E-state index in [1.165, 1.54) is 6.42 Å². The summed E-state index contributed by atoms with van der Waals surface area (Å²) in [4.78, 5) is 16.8. The van der Waals surface area contributed by atoms with Gasteiger partial charge in [-0.15, -0.1) is 5.10 Å². The molecule has 5 rings (SSSR count). The van der Waals surface area contributed by atoms with Crippen molar-refractivity contribution in [2.24, 2.45) is 12.5 Å². The summed E-state index contributed by atoms with van der Waals surface area (Å²) in [7, 11) is 1.86. The molecule has 1 saturated heterocycles.